The van der Waals surface area contributed by atoms with E-state index in [1.165, 1.54) is 11.1 Å². The first-order chi connectivity index (χ1) is 13.4. The van der Waals surface area contributed by atoms with Crippen LogP contribution in [0.25, 0.3) is 16.8 Å². The summed E-state index contributed by atoms with van der Waals surface area (Å²) in [6.07, 6.45) is 5.57. The minimum atomic E-state index is 0.823. The molecule has 0 aliphatic heterocycles. The molecule has 0 spiro atoms. The van der Waals surface area contributed by atoms with Gasteiger partial charge in [0.2, 0.25) is 0 Å². The van der Waals surface area contributed by atoms with E-state index in [4.69, 9.17) is 0 Å². The first-order valence-electron chi connectivity index (χ1n) is 9.25. The standard InChI is InChI=1S/C13H14N2.C10H11N3/c1-9-4-6-12(7-5-9)13-8-14-11(3)15-10(13)2;1-8-4-5-10(9(2)12-8)13-7-3-6-11-13/h4-8H,1-3H3;3-7H,1-2H3. The fourth-order valence-corrected chi connectivity index (χ4v) is 2.93. The lowest BCUT2D eigenvalue weighted by atomic mass is 10.0. The highest BCUT2D eigenvalue weighted by Gasteiger charge is 2.03. The van der Waals surface area contributed by atoms with Crippen molar-refractivity contribution in [1.29, 1.82) is 0 Å². The molecule has 5 heteroatoms. The normalized spacial score (nSPS) is 10.3. The van der Waals surface area contributed by atoms with E-state index in [1.54, 1.807) is 6.20 Å². The van der Waals surface area contributed by atoms with Crippen LogP contribution in [-0.4, -0.2) is 24.7 Å². The summed E-state index contributed by atoms with van der Waals surface area (Å²) < 4.78 is 1.82. The molecule has 3 aromatic heterocycles. The minimum Gasteiger partial charge on any atom is -0.256 e. The number of aromatic nitrogens is 5. The summed E-state index contributed by atoms with van der Waals surface area (Å²) in [6.45, 7) is 9.99. The molecule has 142 valence electrons. The van der Waals surface area contributed by atoms with Crippen LogP contribution < -0.4 is 0 Å². The van der Waals surface area contributed by atoms with E-state index in [9.17, 15) is 0 Å². The van der Waals surface area contributed by atoms with Gasteiger partial charge in [-0.05, 0) is 58.4 Å². The van der Waals surface area contributed by atoms with E-state index in [0.717, 1.165) is 34.2 Å². The number of rotatable bonds is 2. The Morgan fingerprint density at radius 1 is 0.786 bits per heavy atom. The molecule has 4 rings (SSSR count). The van der Waals surface area contributed by atoms with E-state index in [1.807, 2.05) is 63.0 Å². The number of nitrogens with zero attached hydrogens (tertiary/aromatic N) is 5. The molecule has 0 radical (unpaired) electrons. The SMILES string of the molecule is Cc1ccc(-c2cnc(C)nc2C)cc1.Cc1ccc(-n2cccn2)c(C)n1. The van der Waals surface area contributed by atoms with Gasteiger partial charge in [-0.25, -0.2) is 14.6 Å². The lowest BCUT2D eigenvalue weighted by Gasteiger charge is -2.05. The third-order valence-corrected chi connectivity index (χ3v) is 4.41. The predicted molar refractivity (Wildman–Crippen MR) is 113 cm³/mol. The third-order valence-electron chi connectivity index (χ3n) is 4.41. The smallest absolute Gasteiger partial charge is 0.125 e. The quantitative estimate of drug-likeness (QED) is 0.500. The largest absolute Gasteiger partial charge is 0.256 e. The Hall–Kier alpha value is -3.34. The number of aryl methyl sites for hydroxylation is 5. The zero-order chi connectivity index (χ0) is 20.1. The summed E-state index contributed by atoms with van der Waals surface area (Å²) in [6, 6.07) is 14.4. The van der Waals surface area contributed by atoms with Crippen molar-refractivity contribution < 1.29 is 0 Å². The van der Waals surface area contributed by atoms with E-state index in [0.29, 0.717) is 0 Å². The summed E-state index contributed by atoms with van der Waals surface area (Å²) >= 11 is 0. The Kier molecular flexibility index (Phi) is 5.94. The van der Waals surface area contributed by atoms with Crippen LogP contribution in [0.2, 0.25) is 0 Å². The highest BCUT2D eigenvalue weighted by atomic mass is 15.3. The van der Waals surface area contributed by atoms with E-state index in [2.05, 4.69) is 51.2 Å². The van der Waals surface area contributed by atoms with E-state index < -0.39 is 0 Å². The van der Waals surface area contributed by atoms with Crippen molar-refractivity contribution in [3.8, 4) is 16.8 Å². The molecule has 3 heterocycles. The molecule has 0 fully saturated rings. The highest BCUT2D eigenvalue weighted by molar-refractivity contribution is 5.64. The van der Waals surface area contributed by atoms with Gasteiger partial charge < -0.3 is 0 Å². The Bertz CT molecular complexity index is 1050. The average Bonchev–Trinajstić information content (AvgIpc) is 3.18. The maximum absolute atomic E-state index is 4.37. The molecule has 0 N–H and O–H groups in total. The molecular formula is C23H25N5. The van der Waals surface area contributed by atoms with E-state index >= 15 is 0 Å². The molecule has 0 unspecified atom stereocenters. The fourth-order valence-electron chi connectivity index (χ4n) is 2.93. The molecule has 1 aromatic carbocycles. The van der Waals surface area contributed by atoms with Crippen LogP contribution in [0.5, 0.6) is 0 Å². The monoisotopic (exact) mass is 371 g/mol. The van der Waals surface area contributed by atoms with Crippen molar-refractivity contribution in [2.75, 3.05) is 0 Å². The van der Waals surface area contributed by atoms with Crippen LogP contribution in [-0.2, 0) is 0 Å². The van der Waals surface area contributed by atoms with Gasteiger partial charge in [0.1, 0.15) is 5.82 Å². The van der Waals surface area contributed by atoms with Crippen LogP contribution in [0, 0.1) is 34.6 Å². The van der Waals surface area contributed by atoms with Crippen molar-refractivity contribution in [3.05, 3.63) is 89.5 Å². The van der Waals surface area contributed by atoms with Crippen LogP contribution in [0.15, 0.2) is 61.1 Å². The molecule has 5 nitrogen and oxygen atoms in total. The number of benzene rings is 1. The summed E-state index contributed by atoms with van der Waals surface area (Å²) in [4.78, 5) is 13.0. The molecule has 4 aromatic rings. The van der Waals surface area contributed by atoms with Crippen molar-refractivity contribution in [2.24, 2.45) is 0 Å². The van der Waals surface area contributed by atoms with Gasteiger partial charge in [-0.3, -0.25) is 4.98 Å². The second-order valence-electron chi connectivity index (χ2n) is 6.79. The molecule has 0 saturated carbocycles. The fraction of sp³-hybridized carbons (Fsp3) is 0.217. The van der Waals surface area contributed by atoms with Gasteiger partial charge in [0.15, 0.2) is 0 Å². The van der Waals surface area contributed by atoms with Crippen LogP contribution in [0.3, 0.4) is 0 Å². The topological polar surface area (TPSA) is 56.5 Å². The lowest BCUT2D eigenvalue weighted by Crippen LogP contribution is -1.99. The maximum Gasteiger partial charge on any atom is 0.125 e. The number of hydrogen-bond acceptors (Lipinski definition) is 4. The van der Waals surface area contributed by atoms with Gasteiger partial charge in [-0.2, -0.15) is 5.10 Å². The molecule has 28 heavy (non-hydrogen) atoms. The van der Waals surface area contributed by atoms with Crippen LogP contribution >= 0.6 is 0 Å². The van der Waals surface area contributed by atoms with Crippen molar-refractivity contribution >= 4 is 0 Å². The van der Waals surface area contributed by atoms with Gasteiger partial charge in [-0.15, -0.1) is 0 Å². The first kappa shape index (κ1) is 19.4. The molecule has 0 amide bonds. The average molecular weight is 371 g/mol. The minimum absolute atomic E-state index is 0.823. The van der Waals surface area contributed by atoms with Gasteiger partial charge in [0, 0.05) is 35.5 Å². The van der Waals surface area contributed by atoms with E-state index in [-0.39, 0.29) is 0 Å². The molecule has 0 aliphatic carbocycles. The van der Waals surface area contributed by atoms with Gasteiger partial charge in [0.05, 0.1) is 11.4 Å². The van der Waals surface area contributed by atoms with Gasteiger partial charge in [0.25, 0.3) is 0 Å². The number of pyridine rings is 1. The maximum atomic E-state index is 4.37. The first-order valence-corrected chi connectivity index (χ1v) is 9.25. The Labute approximate surface area is 166 Å². The molecule has 0 atom stereocenters. The third kappa shape index (κ3) is 4.68. The van der Waals surface area contributed by atoms with Crippen molar-refractivity contribution in [1.82, 2.24) is 24.7 Å². The molecular weight excluding hydrogens is 346 g/mol. The summed E-state index contributed by atoms with van der Waals surface area (Å²) in [5.41, 5.74) is 7.67. The summed E-state index contributed by atoms with van der Waals surface area (Å²) in [7, 11) is 0. The van der Waals surface area contributed by atoms with Gasteiger partial charge in [-0.1, -0.05) is 29.8 Å². The van der Waals surface area contributed by atoms with Crippen molar-refractivity contribution in [2.45, 2.75) is 34.6 Å². The summed E-state index contributed by atoms with van der Waals surface area (Å²) in [5, 5.41) is 4.15. The Morgan fingerprint density at radius 3 is 2.14 bits per heavy atom. The Balaban J connectivity index is 0.000000162. The highest BCUT2D eigenvalue weighted by Crippen LogP contribution is 2.21. The zero-order valence-electron chi connectivity index (χ0n) is 17.0. The second kappa shape index (κ2) is 8.57. The lowest BCUT2D eigenvalue weighted by molar-refractivity contribution is 0.858. The zero-order valence-corrected chi connectivity index (χ0v) is 17.0. The van der Waals surface area contributed by atoms with Crippen LogP contribution in [0.4, 0.5) is 0 Å². The van der Waals surface area contributed by atoms with Crippen LogP contribution in [0.1, 0.15) is 28.5 Å². The summed E-state index contributed by atoms with van der Waals surface area (Å²) in [5.74, 6) is 0.823. The number of hydrogen-bond donors (Lipinski definition) is 0. The molecule has 0 saturated heterocycles. The van der Waals surface area contributed by atoms with Gasteiger partial charge >= 0.3 is 0 Å². The second-order valence-corrected chi connectivity index (χ2v) is 6.79. The Morgan fingerprint density at radius 2 is 1.54 bits per heavy atom. The molecule has 0 aliphatic rings. The molecule has 0 bridgehead atoms. The predicted octanol–water partition coefficient (Wildman–Crippen LogP) is 4.95. The van der Waals surface area contributed by atoms with Crippen molar-refractivity contribution in [3.63, 3.8) is 0 Å².